The number of hydrogen-bond acceptors (Lipinski definition) is 4. The van der Waals surface area contributed by atoms with Crippen LogP contribution in [-0.4, -0.2) is 30.7 Å². The molecule has 0 aliphatic carbocycles. The zero-order valence-electron chi connectivity index (χ0n) is 11.0. The highest BCUT2D eigenvalue weighted by molar-refractivity contribution is 5.98. The van der Waals surface area contributed by atoms with Crippen molar-refractivity contribution >= 4 is 23.3 Å². The normalized spacial score (nSPS) is 17.2. The molecule has 7 nitrogen and oxygen atoms in total. The monoisotopic (exact) mass is 278 g/mol. The fourth-order valence-electron chi connectivity index (χ4n) is 2.04. The van der Waals surface area contributed by atoms with Gasteiger partial charge in [0, 0.05) is 24.6 Å². The van der Waals surface area contributed by atoms with E-state index in [1.165, 1.54) is 0 Å². The van der Waals surface area contributed by atoms with Crippen LogP contribution in [0.1, 0.15) is 12.8 Å². The second-order valence-electron chi connectivity index (χ2n) is 4.79. The number of urea groups is 1. The molecule has 2 rings (SSSR count). The van der Waals surface area contributed by atoms with Gasteiger partial charge >= 0.3 is 6.03 Å². The van der Waals surface area contributed by atoms with Gasteiger partial charge in [0.15, 0.2) is 0 Å². The number of anilines is 2. The van der Waals surface area contributed by atoms with Gasteiger partial charge in [-0.1, -0.05) is 6.07 Å². The molecule has 0 spiro atoms. The molecule has 3 amide bonds. The van der Waals surface area contributed by atoms with Crippen LogP contribution in [0, 0.1) is 0 Å². The lowest BCUT2D eigenvalue weighted by Gasteiger charge is -2.31. The van der Waals surface area contributed by atoms with E-state index >= 15 is 0 Å². The molecule has 1 aromatic carbocycles. The van der Waals surface area contributed by atoms with Crippen molar-refractivity contribution in [2.75, 3.05) is 23.8 Å². The molecule has 20 heavy (non-hydrogen) atoms. The fraction of sp³-hybridized carbons (Fsp3) is 0.385. The molecule has 1 aliphatic rings. The van der Waals surface area contributed by atoms with Crippen molar-refractivity contribution in [3.63, 3.8) is 0 Å². The fourth-order valence-corrected chi connectivity index (χ4v) is 2.04. The van der Waals surface area contributed by atoms with Crippen molar-refractivity contribution in [1.82, 2.24) is 0 Å². The molecule has 0 unspecified atom stereocenters. The third-order valence-electron chi connectivity index (χ3n) is 3.23. The third-order valence-corrected chi connectivity index (χ3v) is 3.23. The van der Waals surface area contributed by atoms with Crippen LogP contribution in [0.5, 0.6) is 0 Å². The first-order valence-electron chi connectivity index (χ1n) is 6.34. The van der Waals surface area contributed by atoms with Crippen molar-refractivity contribution in [2.24, 2.45) is 11.5 Å². The third kappa shape index (κ3) is 3.46. The van der Waals surface area contributed by atoms with Gasteiger partial charge in [-0.15, -0.1) is 0 Å². The van der Waals surface area contributed by atoms with Crippen LogP contribution in [0.15, 0.2) is 24.3 Å². The molecule has 0 saturated carbocycles. The Hall–Kier alpha value is -2.12. The average Bonchev–Trinajstić information content (AvgIpc) is 2.39. The van der Waals surface area contributed by atoms with Crippen molar-refractivity contribution in [2.45, 2.75) is 18.4 Å². The Labute approximate surface area is 116 Å². The Morgan fingerprint density at radius 3 is 2.35 bits per heavy atom. The van der Waals surface area contributed by atoms with Crippen LogP contribution >= 0.6 is 0 Å². The van der Waals surface area contributed by atoms with E-state index in [-0.39, 0.29) is 5.91 Å². The zero-order chi connectivity index (χ0) is 14.6. The maximum atomic E-state index is 12.2. The zero-order valence-corrected chi connectivity index (χ0v) is 11.0. The minimum Gasteiger partial charge on any atom is -0.381 e. The van der Waals surface area contributed by atoms with E-state index in [4.69, 9.17) is 16.2 Å². The first-order valence-corrected chi connectivity index (χ1v) is 6.34. The second-order valence-corrected chi connectivity index (χ2v) is 4.79. The Morgan fingerprint density at radius 2 is 1.75 bits per heavy atom. The van der Waals surface area contributed by atoms with Crippen LogP contribution in [-0.2, 0) is 9.53 Å². The first kappa shape index (κ1) is 14.3. The summed E-state index contributed by atoms with van der Waals surface area (Å²) < 4.78 is 5.21. The number of primary amides is 1. The van der Waals surface area contributed by atoms with Gasteiger partial charge in [0.1, 0.15) is 5.54 Å². The molecule has 1 fully saturated rings. The molecule has 1 aromatic rings. The summed E-state index contributed by atoms with van der Waals surface area (Å²) in [5.74, 6) is -0.253. The van der Waals surface area contributed by atoms with Gasteiger partial charge in [0.25, 0.3) is 0 Å². The van der Waals surface area contributed by atoms with E-state index in [0.29, 0.717) is 37.4 Å². The number of benzene rings is 1. The number of nitrogens with two attached hydrogens (primary N) is 2. The number of ether oxygens (including phenoxy) is 1. The van der Waals surface area contributed by atoms with Crippen molar-refractivity contribution < 1.29 is 14.3 Å². The number of rotatable bonds is 3. The number of nitrogens with one attached hydrogen (secondary N) is 2. The Bertz CT molecular complexity index is 512. The highest BCUT2D eigenvalue weighted by Crippen LogP contribution is 2.21. The van der Waals surface area contributed by atoms with Gasteiger partial charge < -0.3 is 26.8 Å². The summed E-state index contributed by atoms with van der Waals surface area (Å²) in [5, 5.41) is 5.20. The molecule has 0 aromatic heterocycles. The summed E-state index contributed by atoms with van der Waals surface area (Å²) in [6.45, 7) is 0.959. The topological polar surface area (TPSA) is 119 Å². The van der Waals surface area contributed by atoms with Crippen LogP contribution in [0.3, 0.4) is 0 Å². The Kier molecular flexibility index (Phi) is 4.21. The molecule has 1 saturated heterocycles. The van der Waals surface area contributed by atoms with E-state index in [1.54, 1.807) is 24.3 Å². The largest absolute Gasteiger partial charge is 0.381 e. The maximum absolute atomic E-state index is 12.2. The standard InChI is InChI=1S/C13H18N4O3/c14-12(19)17-10-3-1-2-9(8-10)16-11(18)13(15)4-6-20-7-5-13/h1-3,8H,4-7,15H2,(H,16,18)(H3,14,17,19). The molecule has 108 valence electrons. The van der Waals surface area contributed by atoms with Crippen molar-refractivity contribution in [3.8, 4) is 0 Å². The summed E-state index contributed by atoms with van der Waals surface area (Å²) in [6, 6.07) is 6.05. The molecular formula is C13H18N4O3. The highest BCUT2D eigenvalue weighted by Gasteiger charge is 2.35. The van der Waals surface area contributed by atoms with Crippen molar-refractivity contribution in [1.29, 1.82) is 0 Å². The molecule has 1 aliphatic heterocycles. The predicted octanol–water partition coefficient (Wildman–Crippen LogP) is 0.624. The van der Waals surface area contributed by atoms with Gasteiger partial charge in [0.2, 0.25) is 5.91 Å². The lowest BCUT2D eigenvalue weighted by molar-refractivity contribution is -0.124. The molecule has 1 heterocycles. The summed E-state index contributed by atoms with van der Waals surface area (Å²) in [7, 11) is 0. The number of carbonyl (C=O) groups is 2. The van der Waals surface area contributed by atoms with Crippen LogP contribution < -0.4 is 22.1 Å². The first-order chi connectivity index (χ1) is 9.49. The average molecular weight is 278 g/mol. The molecular weight excluding hydrogens is 260 g/mol. The van der Waals surface area contributed by atoms with E-state index in [0.717, 1.165) is 0 Å². The summed E-state index contributed by atoms with van der Waals surface area (Å²) >= 11 is 0. The maximum Gasteiger partial charge on any atom is 0.316 e. The summed E-state index contributed by atoms with van der Waals surface area (Å²) in [6.07, 6.45) is 0.968. The second kappa shape index (κ2) is 5.89. The minimum absolute atomic E-state index is 0.253. The van der Waals surface area contributed by atoms with Crippen LogP contribution in [0.25, 0.3) is 0 Å². The number of hydrogen-bond donors (Lipinski definition) is 4. The van der Waals surface area contributed by atoms with Gasteiger partial charge in [-0.2, -0.15) is 0 Å². The lowest BCUT2D eigenvalue weighted by Crippen LogP contribution is -2.54. The molecule has 0 atom stereocenters. The summed E-state index contributed by atoms with van der Waals surface area (Å²) in [5.41, 5.74) is 11.3. The highest BCUT2D eigenvalue weighted by atomic mass is 16.5. The van der Waals surface area contributed by atoms with E-state index < -0.39 is 11.6 Å². The lowest BCUT2D eigenvalue weighted by atomic mass is 9.90. The SMILES string of the molecule is NC(=O)Nc1cccc(NC(=O)C2(N)CCOCC2)c1. The quantitative estimate of drug-likeness (QED) is 0.648. The number of amides is 3. The number of carbonyl (C=O) groups excluding carboxylic acids is 2. The smallest absolute Gasteiger partial charge is 0.316 e. The molecule has 7 heteroatoms. The van der Waals surface area contributed by atoms with Crippen LogP contribution in [0.4, 0.5) is 16.2 Å². The predicted molar refractivity (Wildman–Crippen MR) is 75.2 cm³/mol. The van der Waals surface area contributed by atoms with Gasteiger partial charge in [-0.3, -0.25) is 4.79 Å². The van der Waals surface area contributed by atoms with E-state index in [2.05, 4.69) is 10.6 Å². The molecule has 0 bridgehead atoms. The van der Waals surface area contributed by atoms with Crippen molar-refractivity contribution in [3.05, 3.63) is 24.3 Å². The Balaban J connectivity index is 2.05. The van der Waals surface area contributed by atoms with E-state index in [1.807, 2.05) is 0 Å². The van der Waals surface area contributed by atoms with Gasteiger partial charge in [-0.25, -0.2) is 4.79 Å². The molecule has 0 radical (unpaired) electrons. The van der Waals surface area contributed by atoms with E-state index in [9.17, 15) is 9.59 Å². The van der Waals surface area contributed by atoms with Gasteiger partial charge in [-0.05, 0) is 31.0 Å². The van der Waals surface area contributed by atoms with Crippen LogP contribution in [0.2, 0.25) is 0 Å². The van der Waals surface area contributed by atoms with Gasteiger partial charge in [0.05, 0.1) is 0 Å². The Morgan fingerprint density at radius 1 is 1.15 bits per heavy atom. The summed E-state index contributed by atoms with van der Waals surface area (Å²) in [4.78, 5) is 23.0. The molecule has 6 N–H and O–H groups in total. The minimum atomic E-state index is -0.911.